The van der Waals surface area contributed by atoms with Crippen LogP contribution < -0.4 is 10.6 Å². The number of amides is 2. The lowest BCUT2D eigenvalue weighted by Crippen LogP contribution is -2.32. The van der Waals surface area contributed by atoms with E-state index in [9.17, 15) is 14.4 Å². The van der Waals surface area contributed by atoms with Crippen molar-refractivity contribution in [2.75, 3.05) is 18.5 Å². The number of carbonyl (C=O) groups excluding carboxylic acids is 3. The van der Waals surface area contributed by atoms with Crippen molar-refractivity contribution in [1.29, 1.82) is 0 Å². The minimum absolute atomic E-state index is 0.143. The molecule has 26 heavy (non-hydrogen) atoms. The van der Waals surface area contributed by atoms with Crippen molar-refractivity contribution in [1.82, 2.24) is 5.32 Å². The van der Waals surface area contributed by atoms with Gasteiger partial charge in [0.15, 0.2) is 5.76 Å². The lowest BCUT2D eigenvalue weighted by Gasteiger charge is -2.06. The number of furan rings is 1. The predicted octanol–water partition coefficient (Wildman–Crippen LogP) is 3.04. The van der Waals surface area contributed by atoms with Crippen molar-refractivity contribution in [2.24, 2.45) is 0 Å². The predicted molar refractivity (Wildman–Crippen MR) is 97.5 cm³/mol. The maximum Gasteiger partial charge on any atom is 0.348 e. The number of thiophene rings is 1. The molecule has 0 atom stereocenters. The number of ether oxygens (including phenoxy) is 1. The number of carbonyl (C=O) groups is 3. The first kappa shape index (κ1) is 17.7. The van der Waals surface area contributed by atoms with Crippen LogP contribution in [0.15, 0.2) is 47.1 Å². The van der Waals surface area contributed by atoms with Crippen molar-refractivity contribution < 1.29 is 23.5 Å². The molecule has 0 fully saturated rings. The van der Waals surface area contributed by atoms with Gasteiger partial charge in [0.1, 0.15) is 4.88 Å². The molecule has 0 saturated carbocycles. The molecule has 1 aromatic carbocycles. The van der Waals surface area contributed by atoms with Crippen molar-refractivity contribution >= 4 is 44.9 Å². The zero-order chi connectivity index (χ0) is 18.5. The van der Waals surface area contributed by atoms with E-state index in [2.05, 4.69) is 10.6 Å². The van der Waals surface area contributed by atoms with Gasteiger partial charge in [-0.2, -0.15) is 0 Å². The third kappa shape index (κ3) is 4.09. The van der Waals surface area contributed by atoms with Gasteiger partial charge in [-0.1, -0.05) is 0 Å². The zero-order valence-electron chi connectivity index (χ0n) is 13.9. The van der Waals surface area contributed by atoms with Gasteiger partial charge >= 0.3 is 5.97 Å². The Hall–Kier alpha value is -3.13. The summed E-state index contributed by atoms with van der Waals surface area (Å²) in [5.74, 6) is -1.05. The van der Waals surface area contributed by atoms with Gasteiger partial charge in [-0.25, -0.2) is 4.79 Å². The molecule has 0 radical (unpaired) electrons. The number of hydrogen-bond acceptors (Lipinski definition) is 6. The average molecular weight is 372 g/mol. The van der Waals surface area contributed by atoms with Gasteiger partial charge in [0.05, 0.1) is 19.4 Å². The highest BCUT2D eigenvalue weighted by atomic mass is 32.1. The van der Waals surface area contributed by atoms with Gasteiger partial charge in [-0.15, -0.1) is 11.3 Å². The second kappa shape index (κ2) is 7.83. The number of anilines is 1. The molecule has 0 saturated heterocycles. The van der Waals surface area contributed by atoms with E-state index in [0.717, 1.165) is 10.1 Å². The molecule has 0 aliphatic carbocycles. The molecule has 8 heteroatoms. The molecular formula is C18H16N2O5S. The van der Waals surface area contributed by atoms with Gasteiger partial charge < -0.3 is 19.8 Å². The number of rotatable bonds is 6. The van der Waals surface area contributed by atoms with Crippen LogP contribution in [-0.4, -0.2) is 30.9 Å². The Bertz CT molecular complexity index is 946. The Morgan fingerprint density at radius 2 is 2.04 bits per heavy atom. The number of nitrogens with one attached hydrogen (secondary N) is 2. The van der Waals surface area contributed by atoms with Gasteiger partial charge in [-0.3, -0.25) is 9.59 Å². The Balaban J connectivity index is 1.62. The Kier molecular flexibility index (Phi) is 5.33. The monoisotopic (exact) mass is 372 g/mol. The number of benzene rings is 1. The highest BCUT2D eigenvalue weighted by molar-refractivity contribution is 7.20. The van der Waals surface area contributed by atoms with Gasteiger partial charge in [0.2, 0.25) is 5.91 Å². The second-order valence-electron chi connectivity index (χ2n) is 5.29. The summed E-state index contributed by atoms with van der Waals surface area (Å²) in [6, 6.07) is 10.2. The Morgan fingerprint density at radius 1 is 1.19 bits per heavy atom. The molecule has 0 unspecified atom stereocenters. The molecule has 3 rings (SSSR count). The van der Waals surface area contributed by atoms with Crippen LogP contribution in [-0.2, 0) is 9.53 Å². The molecule has 0 aliphatic heterocycles. The van der Waals surface area contributed by atoms with Crippen molar-refractivity contribution in [3.8, 4) is 0 Å². The molecule has 2 aromatic heterocycles. The molecule has 2 amide bonds. The molecule has 2 N–H and O–H groups in total. The first-order chi connectivity index (χ1) is 12.6. The Labute approximate surface area is 152 Å². The molecule has 134 valence electrons. The van der Waals surface area contributed by atoms with E-state index in [1.165, 1.54) is 23.7 Å². The van der Waals surface area contributed by atoms with Crippen LogP contribution in [0.1, 0.15) is 27.2 Å². The molecule has 3 aromatic rings. The number of fused-ring (bicyclic) bond motifs is 1. The van der Waals surface area contributed by atoms with Crippen LogP contribution in [0.2, 0.25) is 0 Å². The maximum absolute atomic E-state index is 12.0. The summed E-state index contributed by atoms with van der Waals surface area (Å²) in [4.78, 5) is 36.0. The minimum atomic E-state index is -0.461. The quantitative estimate of drug-likeness (QED) is 0.648. The lowest BCUT2D eigenvalue weighted by atomic mass is 10.2. The molecular weight excluding hydrogens is 356 g/mol. The fourth-order valence-corrected chi connectivity index (χ4v) is 3.22. The van der Waals surface area contributed by atoms with Crippen molar-refractivity contribution in [3.63, 3.8) is 0 Å². The van der Waals surface area contributed by atoms with E-state index in [0.29, 0.717) is 17.2 Å². The third-order valence-corrected chi connectivity index (χ3v) is 4.53. The van der Waals surface area contributed by atoms with Crippen LogP contribution >= 0.6 is 11.3 Å². The first-order valence-electron chi connectivity index (χ1n) is 7.89. The Morgan fingerprint density at radius 3 is 2.77 bits per heavy atom. The summed E-state index contributed by atoms with van der Waals surface area (Å²) in [5, 5.41) is 6.00. The van der Waals surface area contributed by atoms with Crippen LogP contribution in [0.25, 0.3) is 10.1 Å². The van der Waals surface area contributed by atoms with Crippen LogP contribution in [0.3, 0.4) is 0 Å². The van der Waals surface area contributed by atoms with Crippen LogP contribution in [0.4, 0.5) is 5.69 Å². The molecule has 2 heterocycles. The van der Waals surface area contributed by atoms with Gasteiger partial charge in [0.25, 0.3) is 5.91 Å². The van der Waals surface area contributed by atoms with E-state index < -0.39 is 5.91 Å². The van der Waals surface area contributed by atoms with E-state index in [-0.39, 0.29) is 24.2 Å². The van der Waals surface area contributed by atoms with Crippen molar-refractivity contribution in [3.05, 3.63) is 53.3 Å². The van der Waals surface area contributed by atoms with E-state index in [1.807, 2.05) is 6.07 Å². The van der Waals surface area contributed by atoms with Crippen LogP contribution in [0, 0.1) is 0 Å². The van der Waals surface area contributed by atoms with Gasteiger partial charge in [-0.05, 0) is 48.7 Å². The minimum Gasteiger partial charge on any atom is -0.462 e. The standard InChI is InChI=1S/C18H16N2O5S/c1-2-24-18(23)15-9-11-8-12(5-6-14(11)26-15)20-16(21)10-19-17(22)13-4-3-7-25-13/h3-9H,2,10H2,1H3,(H,19,22)(H,20,21). The average Bonchev–Trinajstić information content (AvgIpc) is 3.29. The summed E-state index contributed by atoms with van der Waals surface area (Å²) in [7, 11) is 0. The highest BCUT2D eigenvalue weighted by Crippen LogP contribution is 2.28. The lowest BCUT2D eigenvalue weighted by molar-refractivity contribution is -0.115. The highest BCUT2D eigenvalue weighted by Gasteiger charge is 2.13. The summed E-state index contributed by atoms with van der Waals surface area (Å²) >= 11 is 1.33. The fourth-order valence-electron chi connectivity index (χ4n) is 2.28. The SMILES string of the molecule is CCOC(=O)c1cc2cc(NC(=O)CNC(=O)c3ccco3)ccc2s1. The van der Waals surface area contributed by atoms with Crippen molar-refractivity contribution in [2.45, 2.75) is 6.92 Å². The van der Waals surface area contributed by atoms with Gasteiger partial charge in [0, 0.05) is 10.4 Å². The topological polar surface area (TPSA) is 97.6 Å². The molecule has 0 spiro atoms. The van der Waals surface area contributed by atoms with E-state index >= 15 is 0 Å². The largest absolute Gasteiger partial charge is 0.462 e. The number of hydrogen-bond donors (Lipinski definition) is 2. The van der Waals surface area contributed by atoms with E-state index in [1.54, 1.807) is 31.2 Å². The normalized spacial score (nSPS) is 10.5. The number of esters is 1. The molecule has 0 aliphatic rings. The second-order valence-corrected chi connectivity index (χ2v) is 6.38. The smallest absolute Gasteiger partial charge is 0.348 e. The zero-order valence-corrected chi connectivity index (χ0v) is 14.7. The summed E-state index contributed by atoms with van der Waals surface area (Å²) in [6.45, 7) is 1.89. The maximum atomic E-state index is 12.0. The summed E-state index contributed by atoms with van der Waals surface area (Å²) < 4.78 is 10.9. The molecule has 7 nitrogen and oxygen atoms in total. The third-order valence-electron chi connectivity index (χ3n) is 3.43. The summed E-state index contributed by atoms with van der Waals surface area (Å²) in [5.41, 5.74) is 0.572. The first-order valence-corrected chi connectivity index (χ1v) is 8.70. The summed E-state index contributed by atoms with van der Waals surface area (Å²) in [6.07, 6.45) is 1.38. The molecule has 0 bridgehead atoms. The fraction of sp³-hybridized carbons (Fsp3) is 0.167. The van der Waals surface area contributed by atoms with E-state index in [4.69, 9.17) is 9.15 Å². The van der Waals surface area contributed by atoms with Crippen LogP contribution in [0.5, 0.6) is 0 Å².